The third kappa shape index (κ3) is 2.32. The average Bonchev–Trinajstić information content (AvgIpc) is 2.15. The van der Waals surface area contributed by atoms with Crippen LogP contribution in [0.3, 0.4) is 0 Å². The summed E-state index contributed by atoms with van der Waals surface area (Å²) in [6, 6.07) is 1.87. The van der Waals surface area contributed by atoms with Crippen LogP contribution in [0.4, 0.5) is 0 Å². The number of nitrogens with zero attached hydrogens (tertiary/aromatic N) is 2. The molecule has 0 amide bonds. The van der Waals surface area contributed by atoms with Crippen molar-refractivity contribution in [2.24, 2.45) is 0 Å². The number of rotatable bonds is 2. The van der Waals surface area contributed by atoms with Crippen LogP contribution in [0.15, 0.2) is 6.07 Å². The van der Waals surface area contributed by atoms with Gasteiger partial charge in [-0.1, -0.05) is 0 Å². The van der Waals surface area contributed by atoms with Crippen molar-refractivity contribution < 1.29 is 9.53 Å². The second-order valence-electron chi connectivity index (χ2n) is 4.09. The minimum atomic E-state index is -0.800. The molecule has 0 bridgehead atoms. The van der Waals surface area contributed by atoms with E-state index in [1.54, 1.807) is 13.8 Å². The van der Waals surface area contributed by atoms with Crippen LogP contribution in [0.1, 0.15) is 31.1 Å². The molecular weight excluding hydrogens is 192 g/mol. The molecule has 4 heteroatoms. The molecule has 1 rings (SSSR count). The Morgan fingerprint density at radius 2 is 1.73 bits per heavy atom. The van der Waals surface area contributed by atoms with E-state index in [0.29, 0.717) is 5.82 Å². The van der Waals surface area contributed by atoms with Gasteiger partial charge in [0.15, 0.2) is 0 Å². The summed E-state index contributed by atoms with van der Waals surface area (Å²) < 4.78 is 4.73. The molecule has 82 valence electrons. The topological polar surface area (TPSA) is 52.1 Å². The van der Waals surface area contributed by atoms with Crippen molar-refractivity contribution in [1.82, 2.24) is 9.97 Å². The molecule has 0 saturated heterocycles. The number of carbonyl (C=O) groups excluding carboxylic acids is 1. The molecule has 0 aliphatic heterocycles. The highest BCUT2D eigenvalue weighted by molar-refractivity contribution is 5.80. The number of aryl methyl sites for hydroxylation is 2. The number of carbonyl (C=O) groups is 1. The van der Waals surface area contributed by atoms with Gasteiger partial charge in [0.2, 0.25) is 0 Å². The van der Waals surface area contributed by atoms with E-state index in [1.807, 2.05) is 19.9 Å². The minimum Gasteiger partial charge on any atom is -0.468 e. The van der Waals surface area contributed by atoms with Gasteiger partial charge in [-0.05, 0) is 33.8 Å². The molecule has 0 aliphatic carbocycles. The van der Waals surface area contributed by atoms with Gasteiger partial charge in [-0.3, -0.25) is 4.79 Å². The summed E-state index contributed by atoms with van der Waals surface area (Å²) in [5.41, 5.74) is 0.912. The van der Waals surface area contributed by atoms with Gasteiger partial charge in [-0.25, -0.2) is 9.97 Å². The van der Waals surface area contributed by atoms with Crippen LogP contribution in [0.2, 0.25) is 0 Å². The lowest BCUT2D eigenvalue weighted by Gasteiger charge is -2.20. The Balaban J connectivity index is 3.20. The second kappa shape index (κ2) is 3.96. The van der Waals surface area contributed by atoms with Crippen LogP contribution in [0.5, 0.6) is 0 Å². The zero-order valence-electron chi connectivity index (χ0n) is 9.79. The van der Waals surface area contributed by atoms with Crippen LogP contribution in [0.25, 0.3) is 0 Å². The van der Waals surface area contributed by atoms with Crippen LogP contribution in [-0.2, 0) is 14.9 Å². The lowest BCUT2D eigenvalue weighted by Crippen LogP contribution is -2.32. The summed E-state index contributed by atoms with van der Waals surface area (Å²) in [5.74, 6) is 0.180. The van der Waals surface area contributed by atoms with E-state index in [0.717, 1.165) is 11.4 Å². The quantitative estimate of drug-likeness (QED) is 0.692. The number of ether oxygens (including phenoxy) is 1. The number of methoxy groups -OCH3 is 1. The van der Waals surface area contributed by atoms with Crippen LogP contribution < -0.4 is 0 Å². The standard InChI is InChI=1S/C11H16N2O2/c1-7-6-8(2)13-9(12-7)11(3,4)10(14)15-5/h6H,1-5H3. The molecule has 4 nitrogen and oxygen atoms in total. The molecule has 0 unspecified atom stereocenters. The molecule has 0 aromatic carbocycles. The highest BCUT2D eigenvalue weighted by Gasteiger charge is 2.34. The number of hydrogen-bond donors (Lipinski definition) is 0. The van der Waals surface area contributed by atoms with Crippen molar-refractivity contribution in [1.29, 1.82) is 0 Å². The normalized spacial score (nSPS) is 11.3. The largest absolute Gasteiger partial charge is 0.468 e. The van der Waals surface area contributed by atoms with Gasteiger partial charge in [0.25, 0.3) is 0 Å². The third-order valence-corrected chi connectivity index (χ3v) is 2.24. The number of aromatic nitrogens is 2. The maximum Gasteiger partial charge on any atom is 0.318 e. The molecule has 0 aliphatic rings. The lowest BCUT2D eigenvalue weighted by molar-refractivity contribution is -0.146. The summed E-state index contributed by atoms with van der Waals surface area (Å²) in [6.45, 7) is 7.27. The smallest absolute Gasteiger partial charge is 0.318 e. The van der Waals surface area contributed by atoms with Crippen LogP contribution >= 0.6 is 0 Å². The van der Waals surface area contributed by atoms with Crippen molar-refractivity contribution >= 4 is 5.97 Å². The van der Waals surface area contributed by atoms with Crippen molar-refractivity contribution in [2.45, 2.75) is 33.1 Å². The summed E-state index contributed by atoms with van der Waals surface area (Å²) in [6.07, 6.45) is 0. The molecular formula is C11H16N2O2. The molecule has 0 N–H and O–H groups in total. The van der Waals surface area contributed by atoms with E-state index in [2.05, 4.69) is 9.97 Å². The predicted octanol–water partition coefficient (Wildman–Crippen LogP) is 1.54. The Hall–Kier alpha value is -1.45. The van der Waals surface area contributed by atoms with Gasteiger partial charge in [0.1, 0.15) is 11.2 Å². The zero-order chi connectivity index (χ0) is 11.6. The molecule has 0 fully saturated rings. The Morgan fingerprint density at radius 1 is 1.27 bits per heavy atom. The van der Waals surface area contributed by atoms with Crippen molar-refractivity contribution in [3.63, 3.8) is 0 Å². The Morgan fingerprint density at radius 3 is 2.13 bits per heavy atom. The Kier molecular flexibility index (Phi) is 3.07. The summed E-state index contributed by atoms with van der Waals surface area (Å²) >= 11 is 0. The average molecular weight is 208 g/mol. The SMILES string of the molecule is COC(=O)C(C)(C)c1nc(C)cc(C)n1. The molecule has 0 radical (unpaired) electrons. The predicted molar refractivity (Wildman–Crippen MR) is 56.5 cm³/mol. The van der Waals surface area contributed by atoms with E-state index >= 15 is 0 Å². The van der Waals surface area contributed by atoms with Gasteiger partial charge in [-0.15, -0.1) is 0 Å². The highest BCUT2D eigenvalue weighted by atomic mass is 16.5. The Labute approximate surface area is 89.7 Å². The molecule has 1 aromatic heterocycles. The first-order chi connectivity index (χ1) is 6.87. The summed E-state index contributed by atoms with van der Waals surface area (Å²) in [4.78, 5) is 20.1. The summed E-state index contributed by atoms with van der Waals surface area (Å²) in [7, 11) is 1.37. The third-order valence-electron chi connectivity index (χ3n) is 2.24. The van der Waals surface area contributed by atoms with E-state index in [4.69, 9.17) is 4.74 Å². The van der Waals surface area contributed by atoms with Gasteiger partial charge in [-0.2, -0.15) is 0 Å². The van der Waals surface area contributed by atoms with Crippen LogP contribution in [0, 0.1) is 13.8 Å². The van der Waals surface area contributed by atoms with Gasteiger partial charge in [0.05, 0.1) is 7.11 Å². The fourth-order valence-electron chi connectivity index (χ4n) is 1.35. The van der Waals surface area contributed by atoms with E-state index in [1.165, 1.54) is 7.11 Å². The Bertz CT molecular complexity index is 366. The molecule has 0 spiro atoms. The monoisotopic (exact) mass is 208 g/mol. The molecule has 1 heterocycles. The van der Waals surface area contributed by atoms with Crippen molar-refractivity contribution in [2.75, 3.05) is 7.11 Å². The van der Waals surface area contributed by atoms with E-state index < -0.39 is 5.41 Å². The minimum absolute atomic E-state index is 0.326. The molecule has 0 atom stereocenters. The molecule has 1 aromatic rings. The zero-order valence-corrected chi connectivity index (χ0v) is 9.79. The fourth-order valence-corrected chi connectivity index (χ4v) is 1.35. The van der Waals surface area contributed by atoms with Crippen molar-refractivity contribution in [3.8, 4) is 0 Å². The van der Waals surface area contributed by atoms with Gasteiger partial charge in [0, 0.05) is 11.4 Å². The molecule has 15 heavy (non-hydrogen) atoms. The van der Waals surface area contributed by atoms with Gasteiger partial charge < -0.3 is 4.74 Å². The number of esters is 1. The number of hydrogen-bond acceptors (Lipinski definition) is 4. The molecule has 0 saturated carbocycles. The second-order valence-corrected chi connectivity index (χ2v) is 4.09. The van der Waals surface area contributed by atoms with Crippen LogP contribution in [-0.4, -0.2) is 23.0 Å². The first-order valence-electron chi connectivity index (χ1n) is 4.79. The van der Waals surface area contributed by atoms with E-state index in [-0.39, 0.29) is 5.97 Å². The van der Waals surface area contributed by atoms with Gasteiger partial charge >= 0.3 is 5.97 Å². The highest BCUT2D eigenvalue weighted by Crippen LogP contribution is 2.21. The fraction of sp³-hybridized carbons (Fsp3) is 0.545. The maximum atomic E-state index is 11.6. The van der Waals surface area contributed by atoms with E-state index in [9.17, 15) is 4.79 Å². The first-order valence-corrected chi connectivity index (χ1v) is 4.79. The summed E-state index contributed by atoms with van der Waals surface area (Å²) in [5, 5.41) is 0. The van der Waals surface area contributed by atoms with Crippen molar-refractivity contribution in [3.05, 3.63) is 23.3 Å². The lowest BCUT2D eigenvalue weighted by atomic mass is 9.92. The first kappa shape index (κ1) is 11.6. The maximum absolute atomic E-state index is 11.6.